The monoisotopic (exact) mass is 325 g/mol. The van der Waals surface area contributed by atoms with Gasteiger partial charge in [-0.1, -0.05) is 11.6 Å². The number of carboxylic acid groups (broad SMARTS) is 1. The summed E-state index contributed by atoms with van der Waals surface area (Å²) in [5, 5.41) is 11.9. The van der Waals surface area contributed by atoms with Crippen molar-refractivity contribution in [1.29, 1.82) is 0 Å². The van der Waals surface area contributed by atoms with Crippen molar-refractivity contribution < 1.29 is 14.3 Å². The summed E-state index contributed by atoms with van der Waals surface area (Å²) in [6.07, 6.45) is 0.791. The van der Waals surface area contributed by atoms with Gasteiger partial charge in [-0.25, -0.2) is 4.39 Å². The number of carbonyl (C=O) groups is 1. The molecule has 0 aliphatic carbocycles. The summed E-state index contributed by atoms with van der Waals surface area (Å²) in [5.74, 6) is -1.27. The molecule has 1 atom stereocenters. The summed E-state index contributed by atoms with van der Waals surface area (Å²) in [5.41, 5.74) is 1.24. The normalized spacial score (nSPS) is 18.5. The smallest absolute Gasteiger partial charge is 0.325 e. The standard InChI is InChI=1S/C15H13ClFNO2S/c16-10-1-2-12(17)9(7-10)8-18-5-3-13-11(4-6-21-13)14(18)15(19)20/h1-2,4,6-7,14H,3,5,8H2,(H,19,20). The molecule has 3 rings (SSSR count). The second-order valence-electron chi connectivity index (χ2n) is 5.00. The van der Waals surface area contributed by atoms with E-state index in [4.69, 9.17) is 11.6 Å². The largest absolute Gasteiger partial charge is 0.480 e. The van der Waals surface area contributed by atoms with E-state index in [0.717, 1.165) is 16.9 Å². The maximum Gasteiger partial charge on any atom is 0.325 e. The molecule has 0 saturated heterocycles. The summed E-state index contributed by atoms with van der Waals surface area (Å²) >= 11 is 7.47. The summed E-state index contributed by atoms with van der Waals surface area (Å²) < 4.78 is 13.9. The Kier molecular flexibility index (Phi) is 3.97. The molecule has 1 aromatic carbocycles. The Balaban J connectivity index is 1.91. The Morgan fingerprint density at radius 3 is 3.05 bits per heavy atom. The van der Waals surface area contributed by atoms with Crippen LogP contribution in [0.3, 0.4) is 0 Å². The van der Waals surface area contributed by atoms with E-state index in [-0.39, 0.29) is 12.4 Å². The first-order valence-corrected chi connectivity index (χ1v) is 7.79. The first-order chi connectivity index (χ1) is 10.1. The van der Waals surface area contributed by atoms with Gasteiger partial charge in [0.15, 0.2) is 0 Å². The van der Waals surface area contributed by atoms with Gasteiger partial charge in [0.05, 0.1) is 0 Å². The Bertz CT molecular complexity index is 688. The SMILES string of the molecule is O=C(O)C1c2ccsc2CCN1Cc1cc(Cl)ccc1F. The van der Waals surface area contributed by atoms with Gasteiger partial charge in [0.25, 0.3) is 0 Å². The third kappa shape index (κ3) is 2.81. The Hall–Kier alpha value is -1.43. The highest BCUT2D eigenvalue weighted by Gasteiger charge is 2.33. The van der Waals surface area contributed by atoms with Gasteiger partial charge in [-0.3, -0.25) is 9.69 Å². The molecule has 1 unspecified atom stereocenters. The van der Waals surface area contributed by atoms with Gasteiger partial charge in [0, 0.05) is 28.6 Å². The third-order valence-electron chi connectivity index (χ3n) is 3.68. The lowest BCUT2D eigenvalue weighted by Gasteiger charge is -2.33. The highest BCUT2D eigenvalue weighted by Crippen LogP contribution is 2.34. The van der Waals surface area contributed by atoms with Gasteiger partial charge in [-0.05, 0) is 41.6 Å². The van der Waals surface area contributed by atoms with Crippen LogP contribution in [0.15, 0.2) is 29.6 Å². The van der Waals surface area contributed by atoms with E-state index in [1.54, 1.807) is 22.3 Å². The van der Waals surface area contributed by atoms with E-state index >= 15 is 0 Å². The van der Waals surface area contributed by atoms with Gasteiger partial charge in [0.1, 0.15) is 11.9 Å². The van der Waals surface area contributed by atoms with Gasteiger partial charge in [-0.15, -0.1) is 11.3 Å². The number of rotatable bonds is 3. The van der Waals surface area contributed by atoms with E-state index in [9.17, 15) is 14.3 Å². The molecule has 0 fully saturated rings. The highest BCUT2D eigenvalue weighted by molar-refractivity contribution is 7.10. The van der Waals surface area contributed by atoms with Crippen molar-refractivity contribution in [3.8, 4) is 0 Å². The fraction of sp³-hybridized carbons (Fsp3) is 0.267. The van der Waals surface area contributed by atoms with Crippen LogP contribution in [-0.4, -0.2) is 22.5 Å². The van der Waals surface area contributed by atoms with Crippen LogP contribution in [-0.2, 0) is 17.8 Å². The van der Waals surface area contributed by atoms with Crippen molar-refractivity contribution >= 4 is 28.9 Å². The first kappa shape index (κ1) is 14.5. The number of hydrogen-bond acceptors (Lipinski definition) is 3. The number of hydrogen-bond donors (Lipinski definition) is 1. The van der Waals surface area contributed by atoms with Crippen molar-refractivity contribution in [3.63, 3.8) is 0 Å². The molecular formula is C15H13ClFNO2S. The van der Waals surface area contributed by atoms with Crippen molar-refractivity contribution in [2.24, 2.45) is 0 Å². The van der Waals surface area contributed by atoms with Crippen LogP contribution >= 0.6 is 22.9 Å². The molecule has 1 aliphatic rings. The highest BCUT2D eigenvalue weighted by atomic mass is 35.5. The molecule has 21 heavy (non-hydrogen) atoms. The van der Waals surface area contributed by atoms with Crippen molar-refractivity contribution in [2.45, 2.75) is 19.0 Å². The predicted molar refractivity (Wildman–Crippen MR) is 80.2 cm³/mol. The minimum Gasteiger partial charge on any atom is -0.480 e. The Morgan fingerprint density at radius 2 is 2.29 bits per heavy atom. The fourth-order valence-corrected chi connectivity index (χ4v) is 3.81. The summed E-state index contributed by atoms with van der Waals surface area (Å²) in [6, 6.07) is 5.48. The molecule has 1 aliphatic heterocycles. The minimum absolute atomic E-state index is 0.235. The number of fused-ring (bicyclic) bond motifs is 1. The molecular weight excluding hydrogens is 313 g/mol. The summed E-state index contributed by atoms with van der Waals surface area (Å²) in [4.78, 5) is 14.5. The fourth-order valence-electron chi connectivity index (χ4n) is 2.71. The van der Waals surface area contributed by atoms with Gasteiger partial charge < -0.3 is 5.11 Å². The van der Waals surface area contributed by atoms with Crippen LogP contribution < -0.4 is 0 Å². The summed E-state index contributed by atoms with van der Waals surface area (Å²) in [7, 11) is 0. The lowest BCUT2D eigenvalue weighted by molar-refractivity contribution is -0.144. The van der Waals surface area contributed by atoms with Gasteiger partial charge in [0.2, 0.25) is 0 Å². The molecule has 0 amide bonds. The molecule has 0 saturated carbocycles. The number of thiophene rings is 1. The lowest BCUT2D eigenvalue weighted by Crippen LogP contribution is -2.38. The van der Waals surface area contributed by atoms with E-state index in [1.807, 2.05) is 11.4 Å². The van der Waals surface area contributed by atoms with Crippen molar-refractivity contribution in [1.82, 2.24) is 4.90 Å². The van der Waals surface area contributed by atoms with Crippen LogP contribution in [0.4, 0.5) is 4.39 Å². The molecule has 2 aromatic rings. The Morgan fingerprint density at radius 1 is 1.48 bits per heavy atom. The molecule has 1 N–H and O–H groups in total. The zero-order valence-electron chi connectivity index (χ0n) is 11.1. The molecule has 1 aromatic heterocycles. The number of halogens is 2. The molecule has 0 radical (unpaired) electrons. The molecule has 0 spiro atoms. The number of benzene rings is 1. The minimum atomic E-state index is -0.906. The van der Waals surface area contributed by atoms with Crippen LogP contribution in [0.5, 0.6) is 0 Å². The third-order valence-corrected chi connectivity index (χ3v) is 4.91. The second kappa shape index (κ2) is 5.75. The molecule has 0 bridgehead atoms. The number of carboxylic acids is 1. The van der Waals surface area contributed by atoms with Crippen LogP contribution in [0.1, 0.15) is 22.0 Å². The summed E-state index contributed by atoms with van der Waals surface area (Å²) in [6.45, 7) is 0.828. The molecule has 110 valence electrons. The van der Waals surface area contributed by atoms with Crippen LogP contribution in [0, 0.1) is 5.82 Å². The zero-order valence-corrected chi connectivity index (χ0v) is 12.6. The maximum absolute atomic E-state index is 13.9. The first-order valence-electron chi connectivity index (χ1n) is 6.53. The van der Waals surface area contributed by atoms with Crippen LogP contribution in [0.2, 0.25) is 5.02 Å². The maximum atomic E-state index is 13.9. The number of nitrogens with zero attached hydrogens (tertiary/aromatic N) is 1. The topological polar surface area (TPSA) is 40.5 Å². The Labute approximate surface area is 130 Å². The van der Waals surface area contributed by atoms with Gasteiger partial charge in [-0.2, -0.15) is 0 Å². The average molecular weight is 326 g/mol. The van der Waals surface area contributed by atoms with Crippen molar-refractivity contribution in [2.75, 3.05) is 6.54 Å². The van der Waals surface area contributed by atoms with Crippen molar-refractivity contribution in [3.05, 3.63) is 56.5 Å². The van der Waals surface area contributed by atoms with E-state index in [0.29, 0.717) is 17.1 Å². The van der Waals surface area contributed by atoms with E-state index < -0.39 is 12.0 Å². The lowest BCUT2D eigenvalue weighted by atomic mass is 9.99. The van der Waals surface area contributed by atoms with Crippen LogP contribution in [0.25, 0.3) is 0 Å². The van der Waals surface area contributed by atoms with E-state index in [2.05, 4.69) is 0 Å². The van der Waals surface area contributed by atoms with Gasteiger partial charge >= 0.3 is 5.97 Å². The molecule has 2 heterocycles. The molecule has 3 nitrogen and oxygen atoms in total. The molecule has 6 heteroatoms. The van der Waals surface area contributed by atoms with E-state index in [1.165, 1.54) is 12.1 Å². The zero-order chi connectivity index (χ0) is 15.0. The average Bonchev–Trinajstić information content (AvgIpc) is 2.90. The quantitative estimate of drug-likeness (QED) is 0.935. The number of aliphatic carboxylic acids is 1. The second-order valence-corrected chi connectivity index (χ2v) is 6.43. The predicted octanol–water partition coefficient (Wildman–Crippen LogP) is 3.72.